The third-order valence-corrected chi connectivity index (χ3v) is 8.80. The first-order valence-corrected chi connectivity index (χ1v) is 12.4. The van der Waals surface area contributed by atoms with Crippen LogP contribution < -0.4 is 5.32 Å². The van der Waals surface area contributed by atoms with E-state index in [0.717, 1.165) is 34.8 Å². The maximum absolute atomic E-state index is 13.1. The zero-order chi connectivity index (χ0) is 22.7. The number of nitrogens with zero attached hydrogens (tertiary/aromatic N) is 4. The zero-order valence-corrected chi connectivity index (χ0v) is 19.5. The first-order chi connectivity index (χ1) is 15.9. The van der Waals surface area contributed by atoms with E-state index in [1.54, 1.807) is 25.1 Å². The molecule has 0 aromatic carbocycles. The second-order valence-electron chi connectivity index (χ2n) is 11.0. The van der Waals surface area contributed by atoms with Crippen LogP contribution in [-0.4, -0.2) is 50.2 Å². The highest BCUT2D eigenvalue weighted by Gasteiger charge is 2.53. The number of carbonyl (C=O) groups is 1. The fourth-order valence-corrected chi connectivity index (χ4v) is 7.62. The first-order valence-electron chi connectivity index (χ1n) is 12.4. The van der Waals surface area contributed by atoms with E-state index in [9.17, 15) is 9.90 Å². The quantitative estimate of drug-likeness (QED) is 0.719. The van der Waals surface area contributed by atoms with E-state index in [1.165, 1.54) is 38.5 Å². The Morgan fingerprint density at radius 2 is 1.91 bits per heavy atom. The number of carbonyl (C=O) groups excluding carboxylic acids is 1. The molecular formula is C25H33N5O3. The van der Waals surface area contributed by atoms with Gasteiger partial charge < -0.3 is 19.8 Å². The number of aliphatic hydroxyl groups excluding tert-OH is 1. The lowest BCUT2D eigenvalue weighted by Gasteiger charge is -2.58. The Hall–Kier alpha value is -2.48. The lowest BCUT2D eigenvalue weighted by molar-refractivity contribution is -0.115. The van der Waals surface area contributed by atoms with Crippen LogP contribution in [0.1, 0.15) is 71.6 Å². The molecule has 8 nitrogen and oxygen atoms in total. The Kier molecular flexibility index (Phi) is 4.98. The summed E-state index contributed by atoms with van der Waals surface area (Å²) in [5.41, 5.74) is 3.17. The molecule has 4 saturated carbocycles. The van der Waals surface area contributed by atoms with E-state index >= 15 is 0 Å². The standard InChI is InChI=1S/C25H33N5O3/c1-14-22(15(2)33-29-14)24(32)30-4-3-19-20(12-30)27-13-28-23(19)26-11-21(31)25-8-16-5-17(9-25)7-18(6-16)10-25/h13,16-18,21,31H,3-12H2,1-2H3,(H,26,27,28). The number of anilines is 1. The van der Waals surface area contributed by atoms with Gasteiger partial charge in [0, 0.05) is 18.7 Å². The van der Waals surface area contributed by atoms with Crippen molar-refractivity contribution in [3.05, 3.63) is 34.6 Å². The van der Waals surface area contributed by atoms with E-state index in [4.69, 9.17) is 4.52 Å². The summed E-state index contributed by atoms with van der Waals surface area (Å²) in [6.07, 6.45) is 9.57. The summed E-state index contributed by atoms with van der Waals surface area (Å²) in [4.78, 5) is 23.8. The van der Waals surface area contributed by atoms with Crippen molar-refractivity contribution in [1.29, 1.82) is 0 Å². The van der Waals surface area contributed by atoms with E-state index in [2.05, 4.69) is 20.4 Å². The van der Waals surface area contributed by atoms with Crippen molar-refractivity contribution in [2.75, 3.05) is 18.4 Å². The highest BCUT2D eigenvalue weighted by molar-refractivity contribution is 5.96. The van der Waals surface area contributed by atoms with E-state index in [-0.39, 0.29) is 17.4 Å². The number of hydrogen-bond donors (Lipinski definition) is 2. The number of rotatable bonds is 5. The Morgan fingerprint density at radius 1 is 1.21 bits per heavy atom. The Bertz CT molecular complexity index is 1030. The summed E-state index contributed by atoms with van der Waals surface area (Å²) < 4.78 is 5.18. The Balaban J connectivity index is 1.15. The highest BCUT2D eigenvalue weighted by Crippen LogP contribution is 2.61. The van der Waals surface area contributed by atoms with Gasteiger partial charge in [0.2, 0.25) is 0 Å². The SMILES string of the molecule is Cc1noc(C)c1C(=O)N1CCc2c(ncnc2NCC(O)C23CC4CC(CC(C4)C2)C3)C1. The number of hydrogen-bond acceptors (Lipinski definition) is 7. The smallest absolute Gasteiger partial charge is 0.259 e. The van der Waals surface area contributed by atoms with Crippen LogP contribution in [0, 0.1) is 37.0 Å². The Morgan fingerprint density at radius 3 is 2.55 bits per heavy atom. The monoisotopic (exact) mass is 451 g/mol. The molecule has 176 valence electrons. The molecule has 0 saturated heterocycles. The van der Waals surface area contributed by atoms with Gasteiger partial charge in [-0.1, -0.05) is 5.16 Å². The molecule has 1 unspecified atom stereocenters. The number of aryl methyl sites for hydroxylation is 2. The van der Waals surface area contributed by atoms with Crippen molar-refractivity contribution < 1.29 is 14.4 Å². The van der Waals surface area contributed by atoms with Crippen molar-refractivity contribution in [2.24, 2.45) is 23.2 Å². The summed E-state index contributed by atoms with van der Waals surface area (Å²) >= 11 is 0. The molecule has 5 aliphatic rings. The fourth-order valence-electron chi connectivity index (χ4n) is 7.62. The molecule has 8 heteroatoms. The van der Waals surface area contributed by atoms with Gasteiger partial charge in [0.25, 0.3) is 5.91 Å². The highest BCUT2D eigenvalue weighted by atomic mass is 16.5. The minimum atomic E-state index is -0.349. The van der Waals surface area contributed by atoms with Crippen LogP contribution in [0.25, 0.3) is 0 Å². The predicted octanol–water partition coefficient (Wildman–Crippen LogP) is 3.27. The van der Waals surface area contributed by atoms with E-state index < -0.39 is 0 Å². The topological polar surface area (TPSA) is 104 Å². The molecule has 1 aliphatic heterocycles. The summed E-state index contributed by atoms with van der Waals surface area (Å²) in [5, 5.41) is 18.7. The van der Waals surface area contributed by atoms with Gasteiger partial charge in [0.1, 0.15) is 23.5 Å². The van der Waals surface area contributed by atoms with Crippen LogP contribution in [0.2, 0.25) is 0 Å². The van der Waals surface area contributed by atoms with Crippen molar-refractivity contribution in [3.8, 4) is 0 Å². The Labute approximate surface area is 194 Å². The molecule has 0 spiro atoms. The van der Waals surface area contributed by atoms with Crippen LogP contribution in [0.5, 0.6) is 0 Å². The van der Waals surface area contributed by atoms with Gasteiger partial charge >= 0.3 is 0 Å². The van der Waals surface area contributed by atoms with Gasteiger partial charge in [0.05, 0.1) is 24.0 Å². The first kappa shape index (κ1) is 21.1. The predicted molar refractivity (Wildman–Crippen MR) is 122 cm³/mol. The maximum Gasteiger partial charge on any atom is 0.259 e. The molecule has 3 heterocycles. The summed E-state index contributed by atoms with van der Waals surface area (Å²) in [6.45, 7) is 5.12. The summed E-state index contributed by atoms with van der Waals surface area (Å²) in [5.74, 6) is 3.74. The number of aromatic nitrogens is 3. The van der Waals surface area contributed by atoms with E-state index in [1.807, 2.05) is 0 Å². The summed E-state index contributed by atoms with van der Waals surface area (Å²) in [6, 6.07) is 0. The minimum Gasteiger partial charge on any atom is -0.391 e. The normalized spacial score (nSPS) is 30.9. The molecule has 2 aromatic heterocycles. The van der Waals surface area contributed by atoms with Gasteiger partial charge in [0.15, 0.2) is 0 Å². The van der Waals surface area contributed by atoms with Crippen LogP contribution >= 0.6 is 0 Å². The summed E-state index contributed by atoms with van der Waals surface area (Å²) in [7, 11) is 0. The van der Waals surface area contributed by atoms with Gasteiger partial charge in [-0.3, -0.25) is 4.79 Å². The van der Waals surface area contributed by atoms with Gasteiger partial charge in [-0.25, -0.2) is 9.97 Å². The van der Waals surface area contributed by atoms with Crippen LogP contribution in [0.3, 0.4) is 0 Å². The molecule has 7 rings (SSSR count). The minimum absolute atomic E-state index is 0.0674. The fraction of sp³-hybridized carbons (Fsp3) is 0.680. The van der Waals surface area contributed by atoms with Crippen LogP contribution in [0.4, 0.5) is 5.82 Å². The molecule has 1 amide bonds. The van der Waals surface area contributed by atoms with Crippen LogP contribution in [0.15, 0.2) is 10.9 Å². The maximum atomic E-state index is 13.1. The van der Waals surface area contributed by atoms with Crippen molar-refractivity contribution in [2.45, 2.75) is 71.4 Å². The van der Waals surface area contributed by atoms with Gasteiger partial charge in [-0.15, -0.1) is 0 Å². The van der Waals surface area contributed by atoms with Crippen molar-refractivity contribution in [3.63, 3.8) is 0 Å². The largest absolute Gasteiger partial charge is 0.391 e. The second kappa shape index (κ2) is 7.79. The molecular weight excluding hydrogens is 418 g/mol. The lowest BCUT2D eigenvalue weighted by Crippen LogP contribution is -2.53. The second-order valence-corrected chi connectivity index (χ2v) is 11.0. The molecule has 0 radical (unpaired) electrons. The number of nitrogens with one attached hydrogen (secondary N) is 1. The third kappa shape index (κ3) is 3.54. The third-order valence-electron chi connectivity index (χ3n) is 8.80. The van der Waals surface area contributed by atoms with E-state index in [0.29, 0.717) is 43.1 Å². The van der Waals surface area contributed by atoms with Gasteiger partial charge in [-0.2, -0.15) is 0 Å². The van der Waals surface area contributed by atoms with Crippen molar-refractivity contribution >= 4 is 11.7 Å². The molecule has 1 atom stereocenters. The van der Waals surface area contributed by atoms with Gasteiger partial charge in [-0.05, 0) is 82.0 Å². The molecule has 4 aliphatic carbocycles. The lowest BCUT2D eigenvalue weighted by atomic mass is 9.48. The number of amides is 1. The zero-order valence-electron chi connectivity index (χ0n) is 19.5. The number of aliphatic hydroxyl groups is 1. The average Bonchev–Trinajstić information content (AvgIpc) is 3.13. The molecule has 33 heavy (non-hydrogen) atoms. The molecule has 4 bridgehead atoms. The van der Waals surface area contributed by atoms with Crippen molar-refractivity contribution in [1.82, 2.24) is 20.0 Å². The van der Waals surface area contributed by atoms with Crippen LogP contribution in [-0.2, 0) is 13.0 Å². The average molecular weight is 452 g/mol. The molecule has 2 aromatic rings. The molecule has 4 fully saturated rings. The molecule has 2 N–H and O–H groups in total. The number of fused-ring (bicyclic) bond motifs is 1.